The van der Waals surface area contributed by atoms with E-state index in [1.54, 1.807) is 7.11 Å². The Hall–Kier alpha value is -3.06. The highest BCUT2D eigenvalue weighted by Gasteiger charge is 2.53. The van der Waals surface area contributed by atoms with E-state index in [-0.39, 0.29) is 23.3 Å². The first-order valence-electron chi connectivity index (χ1n) is 18.7. The van der Waals surface area contributed by atoms with Gasteiger partial charge in [-0.1, -0.05) is 135 Å². The minimum absolute atomic E-state index is 0.0802. The van der Waals surface area contributed by atoms with Gasteiger partial charge >= 0.3 is 0 Å². The lowest BCUT2D eigenvalue weighted by Gasteiger charge is -2.50. The van der Waals surface area contributed by atoms with E-state index in [0.29, 0.717) is 12.4 Å². The molecule has 0 radical (unpaired) electrons. The largest absolute Gasteiger partial charge is 0.545 e. The van der Waals surface area contributed by atoms with Crippen LogP contribution in [-0.2, 0) is 47.7 Å². The van der Waals surface area contributed by atoms with Crippen LogP contribution in [0.15, 0.2) is 97.3 Å². The van der Waals surface area contributed by atoms with E-state index in [1.165, 1.54) is 0 Å². The highest BCUT2D eigenvalue weighted by Crippen LogP contribution is 2.46. The predicted octanol–water partition coefficient (Wildman–Crippen LogP) is 10.9. The molecule has 3 aromatic rings. The Balaban J connectivity index is 2.20. The van der Waals surface area contributed by atoms with E-state index in [1.807, 2.05) is 84.9 Å². The van der Waals surface area contributed by atoms with Gasteiger partial charge in [0.25, 0.3) is 0 Å². The molecule has 0 aliphatic rings. The third-order valence-corrected chi connectivity index (χ3v) is 19.9. The van der Waals surface area contributed by atoms with Crippen LogP contribution in [-0.4, -0.2) is 54.4 Å². The third-order valence-electron chi connectivity index (χ3n) is 11.1. The highest BCUT2D eigenvalue weighted by atomic mass is 28.4. The van der Waals surface area contributed by atoms with Crippen molar-refractivity contribution >= 4 is 22.9 Å². The number of hydrogen-bond donors (Lipinski definition) is 0. The number of ether oxygens (including phenoxy) is 4. The van der Waals surface area contributed by atoms with E-state index >= 15 is 0 Å². The smallest absolute Gasteiger partial charge is 0.250 e. The Morgan fingerprint density at radius 1 is 0.642 bits per heavy atom. The molecule has 0 aliphatic heterocycles. The van der Waals surface area contributed by atoms with E-state index in [9.17, 15) is 4.79 Å². The second-order valence-corrected chi connectivity index (χ2v) is 27.1. The zero-order valence-corrected chi connectivity index (χ0v) is 36.7. The fourth-order valence-corrected chi connectivity index (χ4v) is 8.01. The van der Waals surface area contributed by atoms with Gasteiger partial charge in [0.1, 0.15) is 23.7 Å². The summed E-state index contributed by atoms with van der Waals surface area (Å²) in [5.41, 5.74) is 2.03. The molecule has 0 unspecified atom stereocenters. The standard InChI is InChI=1S/C44H66O7Si2/c1-33(50-52(11,12)42(2,3)4)39(48-31-35-23-19-16-20-24-35)41(51-53(13,14)43(5,6)7)44(8,9)40(49-32-36-25-27-37(46-10)28-26-36)38(29-45)47-30-34-21-17-15-18-22-34/h15-29,38-41H,1,30-32H2,2-14H3/t38-,39-,40-,41-/m0/s1. The molecule has 7 nitrogen and oxygen atoms in total. The fourth-order valence-electron chi connectivity index (χ4n) is 5.51. The van der Waals surface area contributed by atoms with E-state index in [0.717, 1.165) is 28.7 Å². The first-order valence-corrected chi connectivity index (χ1v) is 24.5. The van der Waals surface area contributed by atoms with Gasteiger partial charge in [-0.05, 0) is 65.1 Å². The molecule has 3 aromatic carbocycles. The molecule has 9 heteroatoms. The minimum Gasteiger partial charge on any atom is -0.545 e. The van der Waals surface area contributed by atoms with Gasteiger partial charge in [-0.15, -0.1) is 0 Å². The van der Waals surface area contributed by atoms with Crippen molar-refractivity contribution in [2.75, 3.05) is 7.11 Å². The van der Waals surface area contributed by atoms with Crippen LogP contribution < -0.4 is 4.74 Å². The van der Waals surface area contributed by atoms with Gasteiger partial charge in [0.05, 0.1) is 39.1 Å². The monoisotopic (exact) mass is 762 g/mol. The summed E-state index contributed by atoms with van der Waals surface area (Å²) in [6, 6.07) is 27.7. The second-order valence-electron chi connectivity index (χ2n) is 17.6. The van der Waals surface area contributed by atoms with Crippen molar-refractivity contribution in [1.29, 1.82) is 0 Å². The fraction of sp³-hybridized carbons (Fsp3) is 0.523. The molecular weight excluding hydrogens is 697 g/mol. The Kier molecular flexibility index (Phi) is 15.5. The molecule has 3 rings (SSSR count). The molecule has 0 heterocycles. The van der Waals surface area contributed by atoms with E-state index in [2.05, 4.69) is 88.2 Å². The number of hydrogen-bond acceptors (Lipinski definition) is 7. The maximum absolute atomic E-state index is 13.2. The van der Waals surface area contributed by atoms with Gasteiger partial charge in [0.15, 0.2) is 14.6 Å². The maximum Gasteiger partial charge on any atom is 0.250 e. The number of aldehydes is 1. The first-order chi connectivity index (χ1) is 24.6. The van der Waals surface area contributed by atoms with Gasteiger partial charge in [-0.25, -0.2) is 0 Å². The number of carbonyl (C=O) groups is 1. The van der Waals surface area contributed by atoms with Crippen LogP contribution in [0.25, 0.3) is 0 Å². The zero-order valence-electron chi connectivity index (χ0n) is 34.7. The molecule has 292 valence electrons. The molecule has 0 fully saturated rings. The van der Waals surface area contributed by atoms with Gasteiger partial charge < -0.3 is 32.6 Å². The van der Waals surface area contributed by atoms with Crippen LogP contribution in [0.5, 0.6) is 5.75 Å². The van der Waals surface area contributed by atoms with Crippen molar-refractivity contribution in [3.8, 4) is 5.75 Å². The molecule has 0 aliphatic carbocycles. The molecule has 0 N–H and O–H groups in total. The number of rotatable bonds is 20. The van der Waals surface area contributed by atoms with Crippen molar-refractivity contribution in [2.45, 2.75) is 136 Å². The first kappa shape index (κ1) is 44.3. The van der Waals surface area contributed by atoms with Crippen LogP contribution >= 0.6 is 0 Å². The van der Waals surface area contributed by atoms with Crippen molar-refractivity contribution in [1.82, 2.24) is 0 Å². The van der Waals surface area contributed by atoms with Gasteiger partial charge in [-0.3, -0.25) is 0 Å². The lowest BCUT2D eigenvalue weighted by molar-refractivity contribution is -0.179. The summed E-state index contributed by atoms with van der Waals surface area (Å²) >= 11 is 0. The average molecular weight is 763 g/mol. The van der Waals surface area contributed by atoms with Crippen molar-refractivity contribution < 1.29 is 32.6 Å². The molecule has 0 spiro atoms. The third kappa shape index (κ3) is 12.2. The summed E-state index contributed by atoms with van der Waals surface area (Å²) < 4.78 is 40.1. The van der Waals surface area contributed by atoms with Crippen LogP contribution in [0.3, 0.4) is 0 Å². The highest BCUT2D eigenvalue weighted by molar-refractivity contribution is 6.74. The summed E-state index contributed by atoms with van der Waals surface area (Å²) in [4.78, 5) is 13.2. The second kappa shape index (κ2) is 18.5. The Bertz CT molecular complexity index is 1560. The predicted molar refractivity (Wildman–Crippen MR) is 221 cm³/mol. The Morgan fingerprint density at radius 3 is 1.55 bits per heavy atom. The summed E-state index contributed by atoms with van der Waals surface area (Å²) in [6.45, 7) is 31.7. The van der Waals surface area contributed by atoms with Crippen molar-refractivity contribution in [2.24, 2.45) is 5.41 Å². The maximum atomic E-state index is 13.2. The van der Waals surface area contributed by atoms with Crippen LogP contribution in [0, 0.1) is 5.41 Å². The molecule has 0 saturated heterocycles. The lowest BCUT2D eigenvalue weighted by atomic mass is 9.75. The molecule has 4 atom stereocenters. The number of benzene rings is 3. The van der Waals surface area contributed by atoms with Crippen molar-refractivity contribution in [3.63, 3.8) is 0 Å². The zero-order chi connectivity index (χ0) is 39.7. The van der Waals surface area contributed by atoms with Crippen LogP contribution in [0.4, 0.5) is 0 Å². The van der Waals surface area contributed by atoms with E-state index in [4.69, 9.17) is 27.8 Å². The summed E-state index contributed by atoms with van der Waals surface area (Å²) in [5, 5.41) is -0.219. The molecule has 0 saturated carbocycles. The molecule has 0 amide bonds. The quantitative estimate of drug-likeness (QED) is 0.0645. The van der Waals surface area contributed by atoms with E-state index < -0.39 is 46.5 Å². The van der Waals surface area contributed by atoms with Gasteiger partial charge in [-0.2, -0.15) is 0 Å². The summed E-state index contributed by atoms with van der Waals surface area (Å²) in [6.07, 6.45) is -2.19. The average Bonchev–Trinajstić information content (AvgIpc) is 3.09. The van der Waals surface area contributed by atoms with Gasteiger partial charge in [0, 0.05) is 5.41 Å². The SMILES string of the molecule is C=C(O[Si](C)(C)C(C)(C)C)[C@H](OCc1ccccc1)[C@H](O[Si](C)(C)C(C)(C)C)C(C)(C)[C@@H](OCc1ccc(OC)cc1)[C@H](C=O)OCc1ccccc1. The van der Waals surface area contributed by atoms with Gasteiger partial charge in [0.2, 0.25) is 8.32 Å². The lowest BCUT2D eigenvalue weighted by Crippen LogP contribution is -2.59. The Morgan fingerprint density at radius 2 is 1.09 bits per heavy atom. The molecule has 0 bridgehead atoms. The van der Waals surface area contributed by atoms with Crippen LogP contribution in [0.1, 0.15) is 72.1 Å². The Labute approximate surface area is 322 Å². The normalized spacial score (nSPS) is 15.3. The number of carbonyl (C=O) groups excluding carboxylic acids is 1. The summed E-state index contributed by atoms with van der Waals surface area (Å²) in [7, 11) is -3.23. The summed E-state index contributed by atoms with van der Waals surface area (Å²) in [5.74, 6) is 1.27. The van der Waals surface area contributed by atoms with Crippen LogP contribution in [0.2, 0.25) is 36.3 Å². The topological polar surface area (TPSA) is 72.5 Å². The van der Waals surface area contributed by atoms with Crippen molar-refractivity contribution in [3.05, 3.63) is 114 Å². The minimum atomic E-state index is -2.51. The number of methoxy groups -OCH3 is 1. The molecular formula is C44H66O7Si2. The molecule has 53 heavy (non-hydrogen) atoms. The molecule has 0 aromatic heterocycles.